The number of nitrogens with one attached hydrogen (secondary N) is 1. The number of piperidine rings is 1. The van der Waals surface area contributed by atoms with Crippen LogP contribution in [0.1, 0.15) is 19.3 Å². The summed E-state index contributed by atoms with van der Waals surface area (Å²) in [5.74, 6) is 0.279. The molecule has 8 heteroatoms. The molecule has 1 aliphatic rings. The van der Waals surface area contributed by atoms with Crippen molar-refractivity contribution >= 4 is 37.5 Å². The summed E-state index contributed by atoms with van der Waals surface area (Å²) < 4.78 is 33.1. The lowest BCUT2D eigenvalue weighted by molar-refractivity contribution is -0.118. The quantitative estimate of drug-likeness (QED) is 0.725. The molecule has 0 bridgehead atoms. The van der Waals surface area contributed by atoms with Crippen LogP contribution in [-0.4, -0.2) is 38.3 Å². The Balaban J connectivity index is 1.56. The van der Waals surface area contributed by atoms with Crippen molar-refractivity contribution in [2.75, 3.05) is 25.0 Å². The molecule has 1 fully saturated rings. The second-order valence-corrected chi connectivity index (χ2v) is 9.13. The summed E-state index contributed by atoms with van der Waals surface area (Å²) in [4.78, 5) is 12.3. The Morgan fingerprint density at radius 3 is 2.26 bits per heavy atom. The van der Waals surface area contributed by atoms with Crippen LogP contribution < -0.4 is 10.1 Å². The Hall–Kier alpha value is -1.90. The van der Waals surface area contributed by atoms with Crippen LogP contribution in [0, 0.1) is 0 Å². The van der Waals surface area contributed by atoms with Gasteiger partial charge in [0.15, 0.2) is 6.61 Å². The van der Waals surface area contributed by atoms with Crippen LogP contribution in [0.4, 0.5) is 5.69 Å². The number of nitrogens with zero attached hydrogens (tertiary/aromatic N) is 1. The van der Waals surface area contributed by atoms with E-state index in [-0.39, 0.29) is 17.4 Å². The van der Waals surface area contributed by atoms with E-state index in [0.717, 1.165) is 23.7 Å². The fourth-order valence-corrected chi connectivity index (χ4v) is 4.62. The fourth-order valence-electron chi connectivity index (χ4n) is 2.84. The molecule has 1 saturated heterocycles. The van der Waals surface area contributed by atoms with Gasteiger partial charge in [-0.2, -0.15) is 4.31 Å². The van der Waals surface area contributed by atoms with Crippen LogP contribution in [-0.2, 0) is 14.8 Å². The van der Waals surface area contributed by atoms with E-state index >= 15 is 0 Å². The Morgan fingerprint density at radius 2 is 1.63 bits per heavy atom. The van der Waals surface area contributed by atoms with Crippen LogP contribution in [0.25, 0.3) is 0 Å². The summed E-state index contributed by atoms with van der Waals surface area (Å²) in [5.41, 5.74) is 0.525. The fraction of sp³-hybridized carbons (Fsp3) is 0.316. The van der Waals surface area contributed by atoms with E-state index in [0.29, 0.717) is 24.5 Å². The summed E-state index contributed by atoms with van der Waals surface area (Å²) in [7, 11) is -3.46. The maximum absolute atomic E-state index is 12.6. The molecule has 6 nitrogen and oxygen atoms in total. The number of carbonyl (C=O) groups is 1. The highest BCUT2D eigenvalue weighted by atomic mass is 79.9. The van der Waals surface area contributed by atoms with Crippen LogP contribution >= 0.6 is 15.9 Å². The highest BCUT2D eigenvalue weighted by Gasteiger charge is 2.25. The Kier molecular flexibility index (Phi) is 6.51. The van der Waals surface area contributed by atoms with E-state index in [9.17, 15) is 13.2 Å². The van der Waals surface area contributed by atoms with Gasteiger partial charge in [0.25, 0.3) is 5.91 Å². The zero-order valence-electron chi connectivity index (χ0n) is 14.7. The number of halogens is 1. The summed E-state index contributed by atoms with van der Waals surface area (Å²) in [6.07, 6.45) is 2.86. The van der Waals surface area contributed by atoms with Gasteiger partial charge in [-0.15, -0.1) is 0 Å². The van der Waals surface area contributed by atoms with Crippen LogP contribution in [0.5, 0.6) is 5.75 Å². The van der Waals surface area contributed by atoms with Gasteiger partial charge in [0.1, 0.15) is 5.75 Å². The average molecular weight is 453 g/mol. The maximum atomic E-state index is 12.6. The summed E-state index contributed by atoms with van der Waals surface area (Å²) >= 11 is 3.33. The molecular formula is C19H21BrN2O4S. The van der Waals surface area contributed by atoms with Gasteiger partial charge in [0, 0.05) is 23.2 Å². The van der Waals surface area contributed by atoms with E-state index < -0.39 is 10.0 Å². The highest BCUT2D eigenvalue weighted by molar-refractivity contribution is 9.10. The van der Waals surface area contributed by atoms with Gasteiger partial charge in [-0.1, -0.05) is 22.4 Å². The lowest BCUT2D eigenvalue weighted by Gasteiger charge is -2.25. The lowest BCUT2D eigenvalue weighted by Crippen LogP contribution is -2.35. The van der Waals surface area contributed by atoms with Crippen molar-refractivity contribution in [3.8, 4) is 5.75 Å². The smallest absolute Gasteiger partial charge is 0.262 e. The summed E-state index contributed by atoms with van der Waals surface area (Å²) in [6, 6.07) is 13.4. The molecule has 0 spiro atoms. The molecule has 0 atom stereocenters. The van der Waals surface area contributed by atoms with Gasteiger partial charge in [-0.3, -0.25) is 4.79 Å². The third kappa shape index (κ3) is 5.31. The van der Waals surface area contributed by atoms with Crippen molar-refractivity contribution in [3.05, 3.63) is 53.0 Å². The molecular weight excluding hydrogens is 432 g/mol. The minimum Gasteiger partial charge on any atom is -0.484 e. The second-order valence-electron chi connectivity index (χ2n) is 6.28. The van der Waals surface area contributed by atoms with Crippen LogP contribution in [0.2, 0.25) is 0 Å². The number of amides is 1. The lowest BCUT2D eigenvalue weighted by atomic mass is 10.2. The standard InChI is InChI=1S/C19H21BrN2O4S/c20-15-4-8-17(9-5-15)26-14-19(23)21-16-6-10-18(11-7-16)27(24,25)22-12-2-1-3-13-22/h4-11H,1-3,12-14H2,(H,21,23). The monoisotopic (exact) mass is 452 g/mol. The molecule has 27 heavy (non-hydrogen) atoms. The van der Waals surface area contributed by atoms with Crippen LogP contribution in [0.15, 0.2) is 57.9 Å². The Labute approximate surface area is 167 Å². The molecule has 2 aromatic rings. The van der Waals surface area contributed by atoms with Gasteiger partial charge in [0.05, 0.1) is 4.90 Å². The van der Waals surface area contributed by atoms with Crippen molar-refractivity contribution in [1.29, 1.82) is 0 Å². The van der Waals surface area contributed by atoms with Crippen molar-refractivity contribution in [3.63, 3.8) is 0 Å². The molecule has 144 valence electrons. The number of rotatable bonds is 6. The van der Waals surface area contributed by atoms with Crippen molar-refractivity contribution in [2.24, 2.45) is 0 Å². The largest absolute Gasteiger partial charge is 0.484 e. The summed E-state index contributed by atoms with van der Waals surface area (Å²) in [6.45, 7) is 0.998. The SMILES string of the molecule is O=C(COc1ccc(Br)cc1)Nc1ccc(S(=O)(=O)N2CCCCC2)cc1. The number of ether oxygens (including phenoxy) is 1. The molecule has 2 aromatic carbocycles. The predicted molar refractivity (Wildman–Crippen MR) is 107 cm³/mol. The van der Waals surface area contributed by atoms with Crippen LogP contribution in [0.3, 0.4) is 0 Å². The zero-order valence-corrected chi connectivity index (χ0v) is 17.1. The molecule has 0 radical (unpaired) electrons. The molecule has 1 N–H and O–H groups in total. The number of anilines is 1. The van der Waals surface area contributed by atoms with E-state index in [4.69, 9.17) is 4.74 Å². The number of sulfonamides is 1. The topological polar surface area (TPSA) is 75.7 Å². The zero-order chi connectivity index (χ0) is 19.3. The number of hydrogen-bond acceptors (Lipinski definition) is 4. The molecule has 0 aromatic heterocycles. The Morgan fingerprint density at radius 1 is 1.00 bits per heavy atom. The molecule has 0 saturated carbocycles. The molecule has 1 heterocycles. The minimum absolute atomic E-state index is 0.130. The molecule has 3 rings (SSSR count). The Bertz CT molecular complexity index is 877. The number of hydrogen-bond donors (Lipinski definition) is 1. The van der Waals surface area contributed by atoms with Gasteiger partial charge in [-0.05, 0) is 61.4 Å². The van der Waals surface area contributed by atoms with Gasteiger partial charge in [0.2, 0.25) is 10.0 Å². The second kappa shape index (κ2) is 8.86. The third-order valence-corrected chi connectivity index (χ3v) is 6.72. The van der Waals surface area contributed by atoms with Gasteiger partial charge >= 0.3 is 0 Å². The first-order chi connectivity index (χ1) is 12.9. The van der Waals surface area contributed by atoms with Gasteiger partial charge in [-0.25, -0.2) is 8.42 Å². The minimum atomic E-state index is -3.46. The van der Waals surface area contributed by atoms with Crippen molar-refractivity contribution in [2.45, 2.75) is 24.2 Å². The van der Waals surface area contributed by atoms with Crippen molar-refractivity contribution in [1.82, 2.24) is 4.31 Å². The van der Waals surface area contributed by atoms with E-state index in [1.165, 1.54) is 16.4 Å². The first kappa shape index (κ1) is 19.9. The molecule has 0 aliphatic carbocycles. The van der Waals surface area contributed by atoms with E-state index in [2.05, 4.69) is 21.2 Å². The molecule has 0 unspecified atom stereocenters. The average Bonchev–Trinajstić information content (AvgIpc) is 2.69. The first-order valence-electron chi connectivity index (χ1n) is 8.73. The van der Waals surface area contributed by atoms with E-state index in [1.54, 1.807) is 24.3 Å². The normalized spacial score (nSPS) is 15.3. The van der Waals surface area contributed by atoms with Crippen molar-refractivity contribution < 1.29 is 17.9 Å². The van der Waals surface area contributed by atoms with Gasteiger partial charge < -0.3 is 10.1 Å². The third-order valence-electron chi connectivity index (χ3n) is 4.27. The predicted octanol–water partition coefficient (Wildman–Crippen LogP) is 3.64. The number of carbonyl (C=O) groups excluding carboxylic acids is 1. The number of benzene rings is 2. The van der Waals surface area contributed by atoms with E-state index in [1.807, 2.05) is 12.1 Å². The molecule has 1 aliphatic heterocycles. The summed E-state index contributed by atoms with van der Waals surface area (Å²) in [5, 5.41) is 2.70. The maximum Gasteiger partial charge on any atom is 0.262 e. The highest BCUT2D eigenvalue weighted by Crippen LogP contribution is 2.22. The molecule has 1 amide bonds. The first-order valence-corrected chi connectivity index (χ1v) is 11.0.